The van der Waals surface area contributed by atoms with Crippen LogP contribution in [-0.2, 0) is 14.3 Å². The van der Waals surface area contributed by atoms with Crippen LogP contribution in [0.2, 0.25) is 0 Å². The maximum Gasteiger partial charge on any atom is 0.231 e. The van der Waals surface area contributed by atoms with Gasteiger partial charge in [0.2, 0.25) is 5.91 Å². The third-order valence-corrected chi connectivity index (χ3v) is 7.25. The summed E-state index contributed by atoms with van der Waals surface area (Å²) < 4.78 is 5.62. The lowest BCUT2D eigenvalue weighted by Crippen LogP contribution is -2.41. The molecule has 5 heteroatoms. The maximum absolute atomic E-state index is 13.6. The van der Waals surface area contributed by atoms with Gasteiger partial charge in [0, 0.05) is 37.1 Å². The van der Waals surface area contributed by atoms with Crippen molar-refractivity contribution in [3.05, 3.63) is 23.9 Å². The SMILES string of the molecule is CCOC[C@H](CC(=O)[C@@H]1CCC[C@H](C(=O)N(c2ccc(C(C)C)cn2)C2CC2)C1)C(C)C. The summed E-state index contributed by atoms with van der Waals surface area (Å²) in [7, 11) is 0. The van der Waals surface area contributed by atoms with E-state index in [-0.39, 0.29) is 29.7 Å². The number of ketones is 1. The molecule has 1 aromatic heterocycles. The molecule has 2 aliphatic rings. The lowest BCUT2D eigenvalue weighted by atomic mass is 9.76. The molecule has 1 aromatic rings. The fourth-order valence-corrected chi connectivity index (χ4v) is 4.78. The highest BCUT2D eigenvalue weighted by atomic mass is 16.5. The summed E-state index contributed by atoms with van der Waals surface area (Å²) in [6, 6.07) is 4.36. The van der Waals surface area contributed by atoms with E-state index < -0.39 is 0 Å². The van der Waals surface area contributed by atoms with Gasteiger partial charge in [-0.1, -0.05) is 40.2 Å². The number of hydrogen-bond acceptors (Lipinski definition) is 4. The maximum atomic E-state index is 13.6. The summed E-state index contributed by atoms with van der Waals surface area (Å²) in [5.74, 6) is 2.27. The van der Waals surface area contributed by atoms with Crippen molar-refractivity contribution >= 4 is 17.5 Å². The van der Waals surface area contributed by atoms with Crippen LogP contribution in [0, 0.1) is 23.7 Å². The molecule has 0 aliphatic heterocycles. The van der Waals surface area contributed by atoms with E-state index in [1.807, 2.05) is 24.1 Å². The van der Waals surface area contributed by atoms with E-state index in [1.165, 1.54) is 5.56 Å². The molecule has 0 radical (unpaired) electrons. The highest BCUT2D eigenvalue weighted by molar-refractivity contribution is 5.95. The minimum absolute atomic E-state index is 0.00194. The quantitative estimate of drug-likeness (QED) is 0.436. The largest absolute Gasteiger partial charge is 0.381 e. The van der Waals surface area contributed by atoms with Crippen LogP contribution >= 0.6 is 0 Å². The van der Waals surface area contributed by atoms with Gasteiger partial charge in [0.25, 0.3) is 0 Å². The van der Waals surface area contributed by atoms with E-state index in [4.69, 9.17) is 4.74 Å². The van der Waals surface area contributed by atoms with Crippen molar-refractivity contribution < 1.29 is 14.3 Å². The first-order valence-electron chi connectivity index (χ1n) is 12.7. The minimum atomic E-state index is -0.0748. The first kappa shape index (κ1) is 24.9. The molecule has 0 aromatic carbocycles. The molecule has 32 heavy (non-hydrogen) atoms. The van der Waals surface area contributed by atoms with E-state index in [9.17, 15) is 9.59 Å². The molecule has 5 nitrogen and oxygen atoms in total. The summed E-state index contributed by atoms with van der Waals surface area (Å²) in [5, 5.41) is 0. The van der Waals surface area contributed by atoms with Crippen molar-refractivity contribution in [2.75, 3.05) is 18.1 Å². The molecule has 178 valence electrons. The number of anilines is 1. The summed E-state index contributed by atoms with van der Waals surface area (Å²) in [6.07, 6.45) is 7.97. The van der Waals surface area contributed by atoms with Crippen molar-refractivity contribution in [2.45, 2.75) is 91.5 Å². The van der Waals surface area contributed by atoms with Gasteiger partial charge in [0.15, 0.2) is 0 Å². The Morgan fingerprint density at radius 2 is 1.81 bits per heavy atom. The molecule has 3 atom stereocenters. The number of pyridine rings is 1. The fraction of sp³-hybridized carbons (Fsp3) is 0.741. The number of Topliss-reactive ketones (excluding diaryl/α,β-unsaturated/α-hetero) is 1. The topological polar surface area (TPSA) is 59.5 Å². The zero-order chi connectivity index (χ0) is 23.3. The Hall–Kier alpha value is -1.75. The van der Waals surface area contributed by atoms with Gasteiger partial charge in [0.1, 0.15) is 11.6 Å². The van der Waals surface area contributed by atoms with Gasteiger partial charge in [-0.15, -0.1) is 0 Å². The number of ether oxygens (including phenoxy) is 1. The minimum Gasteiger partial charge on any atom is -0.381 e. The first-order chi connectivity index (χ1) is 15.3. The number of carbonyl (C=O) groups excluding carboxylic acids is 2. The monoisotopic (exact) mass is 442 g/mol. The van der Waals surface area contributed by atoms with Gasteiger partial charge in [-0.3, -0.25) is 14.5 Å². The smallest absolute Gasteiger partial charge is 0.231 e. The molecule has 1 amide bonds. The number of hydrogen-bond donors (Lipinski definition) is 0. The third kappa shape index (κ3) is 6.40. The molecule has 0 spiro atoms. The second-order valence-corrected chi connectivity index (χ2v) is 10.4. The first-order valence-corrected chi connectivity index (χ1v) is 12.7. The molecular weight excluding hydrogens is 400 g/mol. The van der Waals surface area contributed by atoms with Crippen LogP contribution in [0.15, 0.2) is 18.3 Å². The second-order valence-electron chi connectivity index (χ2n) is 10.4. The van der Waals surface area contributed by atoms with Gasteiger partial charge in [0.05, 0.1) is 6.61 Å². The van der Waals surface area contributed by atoms with Crippen LogP contribution in [0.3, 0.4) is 0 Å². The van der Waals surface area contributed by atoms with Crippen molar-refractivity contribution in [1.29, 1.82) is 0 Å². The highest BCUT2D eigenvalue weighted by Gasteiger charge is 2.40. The van der Waals surface area contributed by atoms with Crippen molar-refractivity contribution in [3.63, 3.8) is 0 Å². The molecule has 0 saturated heterocycles. The summed E-state index contributed by atoms with van der Waals surface area (Å²) in [4.78, 5) is 33.3. The predicted molar refractivity (Wildman–Crippen MR) is 129 cm³/mol. The molecule has 1 heterocycles. The Kier molecular flexibility index (Phi) is 8.87. The van der Waals surface area contributed by atoms with Crippen LogP contribution in [-0.4, -0.2) is 35.9 Å². The van der Waals surface area contributed by atoms with E-state index in [1.54, 1.807) is 0 Å². The number of aromatic nitrogens is 1. The van der Waals surface area contributed by atoms with Gasteiger partial charge >= 0.3 is 0 Å². The van der Waals surface area contributed by atoms with Crippen molar-refractivity contribution in [3.8, 4) is 0 Å². The van der Waals surface area contributed by atoms with E-state index in [0.29, 0.717) is 43.7 Å². The van der Waals surface area contributed by atoms with E-state index in [2.05, 4.69) is 38.7 Å². The number of rotatable bonds is 11. The Balaban J connectivity index is 1.66. The summed E-state index contributed by atoms with van der Waals surface area (Å²) in [5.41, 5.74) is 1.19. The molecule has 3 rings (SSSR count). The van der Waals surface area contributed by atoms with Crippen LogP contribution in [0.5, 0.6) is 0 Å². The summed E-state index contributed by atoms with van der Waals surface area (Å²) >= 11 is 0. The second kappa shape index (κ2) is 11.4. The molecule has 2 fully saturated rings. The summed E-state index contributed by atoms with van der Waals surface area (Å²) in [6.45, 7) is 11.9. The highest BCUT2D eigenvalue weighted by Crippen LogP contribution is 2.37. The average molecular weight is 443 g/mol. The number of carbonyl (C=O) groups is 2. The van der Waals surface area contributed by atoms with Gasteiger partial charge < -0.3 is 4.74 Å². The standard InChI is InChI=1S/C27H42N2O3/c1-6-32-17-23(19(4)5)15-25(30)20-8-7-9-21(14-20)27(31)29(24-11-12-24)26-13-10-22(16-28-26)18(2)3/h10,13,16,18-21,23-24H,6-9,11-12,14-15,17H2,1-5H3/t20-,21+,23+/m1/s1. The molecular formula is C27H42N2O3. The van der Waals surface area contributed by atoms with Crippen LogP contribution in [0.4, 0.5) is 5.82 Å². The van der Waals surface area contributed by atoms with Gasteiger partial charge in [-0.25, -0.2) is 4.98 Å². The van der Waals surface area contributed by atoms with Gasteiger partial charge in [-0.05, 0) is 68.4 Å². The lowest BCUT2D eigenvalue weighted by molar-refractivity contribution is -0.129. The number of amides is 1. The lowest BCUT2D eigenvalue weighted by Gasteiger charge is -2.33. The molecule has 0 N–H and O–H groups in total. The van der Waals surface area contributed by atoms with Crippen LogP contribution in [0.1, 0.15) is 91.0 Å². The van der Waals surface area contributed by atoms with Crippen molar-refractivity contribution in [1.82, 2.24) is 4.98 Å². The molecule has 2 aliphatic carbocycles. The predicted octanol–water partition coefficient (Wildman–Crippen LogP) is 5.77. The average Bonchev–Trinajstić information content (AvgIpc) is 3.62. The van der Waals surface area contributed by atoms with Gasteiger partial charge in [-0.2, -0.15) is 0 Å². The molecule has 2 saturated carbocycles. The third-order valence-electron chi connectivity index (χ3n) is 7.25. The Morgan fingerprint density at radius 1 is 1.09 bits per heavy atom. The zero-order valence-electron chi connectivity index (χ0n) is 20.7. The van der Waals surface area contributed by atoms with Crippen molar-refractivity contribution in [2.24, 2.45) is 23.7 Å². The van der Waals surface area contributed by atoms with E-state index in [0.717, 1.165) is 37.9 Å². The molecule has 0 bridgehead atoms. The van der Waals surface area contributed by atoms with E-state index >= 15 is 0 Å². The normalized spacial score (nSPS) is 22.2. The Bertz CT molecular complexity index is 755. The fourth-order valence-electron chi connectivity index (χ4n) is 4.78. The Labute approximate surface area is 194 Å². The van der Waals surface area contributed by atoms with Crippen LogP contribution < -0.4 is 4.90 Å². The zero-order valence-corrected chi connectivity index (χ0v) is 20.7. The van der Waals surface area contributed by atoms with Crippen LogP contribution in [0.25, 0.3) is 0 Å². The molecule has 0 unspecified atom stereocenters. The Morgan fingerprint density at radius 3 is 2.38 bits per heavy atom. The number of nitrogens with zero attached hydrogens (tertiary/aromatic N) is 2.